The molecule has 0 radical (unpaired) electrons. The van der Waals surface area contributed by atoms with Crippen molar-refractivity contribution in [1.29, 1.82) is 0 Å². The van der Waals surface area contributed by atoms with Crippen LogP contribution in [0, 0.1) is 5.92 Å². The van der Waals surface area contributed by atoms with E-state index in [0.717, 1.165) is 12.1 Å². The Kier molecular flexibility index (Phi) is 4.00. The quantitative estimate of drug-likeness (QED) is 0.729. The minimum Gasteiger partial charge on any atom is -0.324 e. The van der Waals surface area contributed by atoms with Crippen molar-refractivity contribution >= 4 is 22.6 Å². The summed E-state index contributed by atoms with van der Waals surface area (Å²) in [6.45, 7) is 6.12. The van der Waals surface area contributed by atoms with Crippen LogP contribution < -0.4 is 0 Å². The molecule has 0 bridgehead atoms. The molecule has 1 unspecified atom stereocenters. The largest absolute Gasteiger partial charge is 0.416 e. The molecular weight excluding hydrogens is 289 g/mol. The predicted molar refractivity (Wildman–Crippen MR) is 73.8 cm³/mol. The molecule has 6 heteroatoms. The maximum atomic E-state index is 12.7. The Bertz CT molecular complexity index is 617. The van der Waals surface area contributed by atoms with Crippen LogP contribution in [-0.2, 0) is 12.1 Å². The van der Waals surface area contributed by atoms with Crippen molar-refractivity contribution in [1.82, 2.24) is 9.55 Å². The maximum absolute atomic E-state index is 12.7. The molecule has 0 spiro atoms. The van der Waals surface area contributed by atoms with Crippen LogP contribution in [0.1, 0.15) is 38.2 Å². The van der Waals surface area contributed by atoms with E-state index in [1.807, 2.05) is 11.5 Å². The van der Waals surface area contributed by atoms with E-state index in [2.05, 4.69) is 18.8 Å². The summed E-state index contributed by atoms with van der Waals surface area (Å²) in [7, 11) is 0. The Morgan fingerprint density at radius 2 is 1.90 bits per heavy atom. The van der Waals surface area contributed by atoms with Gasteiger partial charge in [-0.25, -0.2) is 4.98 Å². The molecule has 2 rings (SSSR count). The van der Waals surface area contributed by atoms with Crippen LogP contribution in [0.3, 0.4) is 0 Å². The molecule has 0 amide bonds. The zero-order valence-electron chi connectivity index (χ0n) is 11.5. The van der Waals surface area contributed by atoms with E-state index in [1.165, 1.54) is 6.07 Å². The van der Waals surface area contributed by atoms with Gasteiger partial charge in [-0.2, -0.15) is 13.2 Å². The second kappa shape index (κ2) is 5.28. The number of imidazole rings is 1. The van der Waals surface area contributed by atoms with Crippen molar-refractivity contribution in [2.45, 2.75) is 38.9 Å². The number of aromatic nitrogens is 2. The lowest BCUT2D eigenvalue weighted by atomic mass is 10.1. The number of hydrogen-bond acceptors (Lipinski definition) is 1. The zero-order chi connectivity index (χ0) is 15.1. The molecular formula is C14H16ClF3N2. The lowest BCUT2D eigenvalue weighted by Crippen LogP contribution is -2.14. The lowest BCUT2D eigenvalue weighted by molar-refractivity contribution is -0.137. The first kappa shape index (κ1) is 15.2. The Hall–Kier alpha value is -1.23. The Morgan fingerprint density at radius 1 is 1.25 bits per heavy atom. The minimum atomic E-state index is -4.36. The summed E-state index contributed by atoms with van der Waals surface area (Å²) >= 11 is 5.88. The van der Waals surface area contributed by atoms with Crippen molar-refractivity contribution in [2.24, 2.45) is 5.92 Å². The van der Waals surface area contributed by atoms with E-state index >= 15 is 0 Å². The van der Waals surface area contributed by atoms with Crippen molar-refractivity contribution in [2.75, 3.05) is 0 Å². The number of fused-ring (bicyclic) bond motifs is 1. The van der Waals surface area contributed by atoms with Crippen LogP contribution in [-0.4, -0.2) is 9.55 Å². The molecule has 0 aliphatic heterocycles. The first-order chi connectivity index (χ1) is 9.25. The van der Waals surface area contributed by atoms with Crippen LogP contribution in [0.25, 0.3) is 11.0 Å². The number of hydrogen-bond donors (Lipinski definition) is 0. The number of alkyl halides is 4. The normalized spacial score (nSPS) is 14.2. The Balaban J connectivity index is 2.64. The summed E-state index contributed by atoms with van der Waals surface area (Å²) in [5, 5.41) is 0. The fraction of sp³-hybridized carbons (Fsp3) is 0.500. The van der Waals surface area contributed by atoms with Gasteiger partial charge in [0.25, 0.3) is 0 Å². The van der Waals surface area contributed by atoms with Crippen molar-refractivity contribution in [3.63, 3.8) is 0 Å². The van der Waals surface area contributed by atoms with E-state index in [9.17, 15) is 13.2 Å². The molecule has 0 saturated carbocycles. The third-order valence-electron chi connectivity index (χ3n) is 3.58. The lowest BCUT2D eigenvalue weighted by Gasteiger charge is -2.20. The van der Waals surface area contributed by atoms with Crippen molar-refractivity contribution in [3.8, 4) is 0 Å². The molecule has 110 valence electrons. The van der Waals surface area contributed by atoms with Gasteiger partial charge in [-0.15, -0.1) is 11.6 Å². The molecule has 20 heavy (non-hydrogen) atoms. The molecule has 1 aromatic heterocycles. The fourth-order valence-corrected chi connectivity index (χ4v) is 2.36. The van der Waals surface area contributed by atoms with Crippen LogP contribution in [0.4, 0.5) is 13.2 Å². The van der Waals surface area contributed by atoms with Crippen molar-refractivity contribution < 1.29 is 13.2 Å². The number of nitrogens with zero attached hydrogens (tertiary/aromatic N) is 2. The summed E-state index contributed by atoms with van der Waals surface area (Å²) < 4.78 is 40.1. The fourth-order valence-electron chi connectivity index (χ4n) is 2.17. The summed E-state index contributed by atoms with van der Waals surface area (Å²) in [5.41, 5.74) is 0.339. The van der Waals surface area contributed by atoms with Crippen LogP contribution in [0.5, 0.6) is 0 Å². The van der Waals surface area contributed by atoms with E-state index in [4.69, 9.17) is 11.6 Å². The topological polar surface area (TPSA) is 17.8 Å². The van der Waals surface area contributed by atoms with Gasteiger partial charge in [0.15, 0.2) is 0 Å². The number of rotatable bonds is 3. The van der Waals surface area contributed by atoms with Gasteiger partial charge in [0.1, 0.15) is 5.82 Å². The monoisotopic (exact) mass is 304 g/mol. The summed E-state index contributed by atoms with van der Waals surface area (Å²) in [5.74, 6) is 1.10. The van der Waals surface area contributed by atoms with E-state index in [0.29, 0.717) is 22.8 Å². The maximum Gasteiger partial charge on any atom is 0.416 e. The summed E-state index contributed by atoms with van der Waals surface area (Å²) in [4.78, 5) is 4.24. The van der Waals surface area contributed by atoms with Gasteiger partial charge in [-0.1, -0.05) is 13.8 Å². The van der Waals surface area contributed by atoms with Gasteiger partial charge in [0, 0.05) is 6.04 Å². The first-order valence-corrected chi connectivity index (χ1v) is 6.93. The number of benzene rings is 1. The van der Waals surface area contributed by atoms with Gasteiger partial charge in [-0.3, -0.25) is 0 Å². The van der Waals surface area contributed by atoms with Gasteiger partial charge in [-0.05, 0) is 31.0 Å². The Labute approximate surface area is 120 Å². The molecule has 2 aromatic rings. The second-order valence-corrected chi connectivity index (χ2v) is 5.48. The molecule has 2 nitrogen and oxygen atoms in total. The van der Waals surface area contributed by atoms with Gasteiger partial charge < -0.3 is 4.57 Å². The van der Waals surface area contributed by atoms with Crippen LogP contribution >= 0.6 is 11.6 Å². The van der Waals surface area contributed by atoms with E-state index < -0.39 is 11.7 Å². The third-order valence-corrected chi connectivity index (χ3v) is 3.82. The average molecular weight is 305 g/mol. The van der Waals surface area contributed by atoms with Gasteiger partial charge in [0.2, 0.25) is 0 Å². The van der Waals surface area contributed by atoms with Crippen LogP contribution in [0.15, 0.2) is 18.2 Å². The second-order valence-electron chi connectivity index (χ2n) is 5.22. The van der Waals surface area contributed by atoms with E-state index in [-0.39, 0.29) is 11.9 Å². The Morgan fingerprint density at radius 3 is 2.40 bits per heavy atom. The minimum absolute atomic E-state index is 0.116. The predicted octanol–water partition coefficient (Wildman–Crippen LogP) is 5.01. The highest BCUT2D eigenvalue weighted by Gasteiger charge is 2.31. The van der Waals surface area contributed by atoms with Gasteiger partial charge in [0.05, 0.1) is 22.5 Å². The molecule has 0 N–H and O–H groups in total. The van der Waals surface area contributed by atoms with Crippen molar-refractivity contribution in [3.05, 3.63) is 29.6 Å². The zero-order valence-corrected chi connectivity index (χ0v) is 12.3. The number of halogens is 4. The molecule has 0 aliphatic rings. The molecule has 0 saturated heterocycles. The SMILES string of the molecule is CC(C)C(C)n1c(CCl)nc2cc(C(F)(F)F)ccc21. The molecule has 1 atom stereocenters. The van der Waals surface area contributed by atoms with Gasteiger partial charge >= 0.3 is 6.18 Å². The standard InChI is InChI=1S/C14H16ClF3N2/c1-8(2)9(3)20-12-5-4-10(14(16,17)18)6-11(12)19-13(20)7-15/h4-6,8-9H,7H2,1-3H3. The molecule has 0 fully saturated rings. The highest BCUT2D eigenvalue weighted by atomic mass is 35.5. The molecule has 0 aliphatic carbocycles. The third kappa shape index (κ3) is 2.64. The highest BCUT2D eigenvalue weighted by molar-refractivity contribution is 6.16. The highest BCUT2D eigenvalue weighted by Crippen LogP contribution is 2.33. The van der Waals surface area contributed by atoms with E-state index in [1.54, 1.807) is 0 Å². The summed E-state index contributed by atoms with van der Waals surface area (Å²) in [6.07, 6.45) is -4.36. The molecule has 1 aromatic carbocycles. The smallest absolute Gasteiger partial charge is 0.324 e. The van der Waals surface area contributed by atoms with Crippen LogP contribution in [0.2, 0.25) is 0 Å². The average Bonchev–Trinajstić information content (AvgIpc) is 2.73. The summed E-state index contributed by atoms with van der Waals surface area (Å²) in [6, 6.07) is 3.76. The molecule has 1 heterocycles. The first-order valence-electron chi connectivity index (χ1n) is 6.39.